The van der Waals surface area contributed by atoms with Gasteiger partial charge in [0.05, 0.1) is 5.69 Å². The Morgan fingerprint density at radius 1 is 1.13 bits per heavy atom. The van der Waals surface area contributed by atoms with Gasteiger partial charge in [0.15, 0.2) is 5.96 Å². The second kappa shape index (κ2) is 11.2. The van der Waals surface area contributed by atoms with E-state index in [9.17, 15) is 4.79 Å². The molecule has 0 aliphatic carbocycles. The van der Waals surface area contributed by atoms with Crippen molar-refractivity contribution in [3.63, 3.8) is 0 Å². The third-order valence-corrected chi connectivity index (χ3v) is 3.92. The number of rotatable bonds is 8. The Hall–Kier alpha value is -3.03. The van der Waals surface area contributed by atoms with Gasteiger partial charge in [0.25, 0.3) is 0 Å². The van der Waals surface area contributed by atoms with Crippen LogP contribution in [0.2, 0.25) is 0 Å². The molecule has 1 heterocycles. The summed E-state index contributed by atoms with van der Waals surface area (Å²) in [6, 6.07) is 8.08. The topological polar surface area (TPSA) is 101 Å². The first-order chi connectivity index (χ1) is 14.3. The summed E-state index contributed by atoms with van der Waals surface area (Å²) < 4.78 is 10.8. The maximum Gasteiger partial charge on any atom is 0.407 e. The zero-order valence-corrected chi connectivity index (χ0v) is 18.5. The molecule has 1 aromatic heterocycles. The van der Waals surface area contributed by atoms with Crippen molar-refractivity contribution in [2.24, 2.45) is 4.99 Å². The van der Waals surface area contributed by atoms with E-state index in [4.69, 9.17) is 9.15 Å². The lowest BCUT2D eigenvalue weighted by Crippen LogP contribution is -2.42. The molecule has 2 rings (SSSR count). The normalized spacial score (nSPS) is 11.8. The molecule has 2 aromatic rings. The number of carbonyl (C=O) groups excluding carboxylic acids is 1. The summed E-state index contributed by atoms with van der Waals surface area (Å²) in [5, 5.41) is 9.08. The fourth-order valence-electron chi connectivity index (χ4n) is 2.53. The summed E-state index contributed by atoms with van der Waals surface area (Å²) in [7, 11) is 0. The summed E-state index contributed by atoms with van der Waals surface area (Å²) in [6.07, 6.45) is 1.92. The zero-order valence-electron chi connectivity index (χ0n) is 18.5. The number of hydrogen-bond acceptors (Lipinski definition) is 5. The number of nitrogens with zero attached hydrogens (tertiary/aromatic N) is 2. The fraction of sp³-hybridized carbons (Fsp3) is 0.500. The number of guanidine groups is 1. The number of ether oxygens (including phenoxy) is 1. The fourth-order valence-corrected chi connectivity index (χ4v) is 2.53. The van der Waals surface area contributed by atoms with Gasteiger partial charge in [-0.2, -0.15) is 0 Å². The highest BCUT2D eigenvalue weighted by Crippen LogP contribution is 2.19. The van der Waals surface area contributed by atoms with E-state index in [1.807, 2.05) is 58.9 Å². The number of carbonyl (C=O) groups is 1. The Bertz CT molecular complexity index is 822. The summed E-state index contributed by atoms with van der Waals surface area (Å²) in [5.41, 5.74) is 2.51. The maximum atomic E-state index is 11.7. The third kappa shape index (κ3) is 8.55. The Labute approximate surface area is 178 Å². The molecule has 8 nitrogen and oxygen atoms in total. The van der Waals surface area contributed by atoms with E-state index in [-0.39, 0.29) is 0 Å². The number of amides is 1. The van der Waals surface area contributed by atoms with Crippen molar-refractivity contribution in [3.8, 4) is 11.5 Å². The van der Waals surface area contributed by atoms with Crippen molar-refractivity contribution in [1.82, 2.24) is 20.9 Å². The standard InChI is InChI=1S/C22H33N5O3/c1-6-23-20(25-13-14-26-21(28)30-22(3,4)5)24-12-11-18-15-29-19(27-18)17-9-7-16(2)8-10-17/h7-10,15H,6,11-14H2,1-5H3,(H,26,28)(H2,23,24,25). The molecule has 0 fully saturated rings. The minimum absolute atomic E-state index is 0.429. The lowest BCUT2D eigenvalue weighted by Gasteiger charge is -2.19. The predicted molar refractivity (Wildman–Crippen MR) is 119 cm³/mol. The van der Waals surface area contributed by atoms with E-state index >= 15 is 0 Å². The summed E-state index contributed by atoms with van der Waals surface area (Å²) in [5.74, 6) is 1.30. The van der Waals surface area contributed by atoms with Gasteiger partial charge in [-0.3, -0.25) is 4.99 Å². The molecule has 0 saturated carbocycles. The molecule has 0 saturated heterocycles. The van der Waals surface area contributed by atoms with Crippen LogP contribution in [-0.2, 0) is 11.2 Å². The number of aryl methyl sites for hydroxylation is 1. The van der Waals surface area contributed by atoms with Gasteiger partial charge < -0.3 is 25.1 Å². The number of benzene rings is 1. The third-order valence-electron chi connectivity index (χ3n) is 3.92. The van der Waals surface area contributed by atoms with Crippen molar-refractivity contribution in [2.75, 3.05) is 26.2 Å². The van der Waals surface area contributed by atoms with Gasteiger partial charge in [-0.1, -0.05) is 17.7 Å². The molecule has 1 amide bonds. The van der Waals surface area contributed by atoms with Gasteiger partial charge in [-0.15, -0.1) is 0 Å². The Morgan fingerprint density at radius 3 is 2.50 bits per heavy atom. The smallest absolute Gasteiger partial charge is 0.407 e. The highest BCUT2D eigenvalue weighted by molar-refractivity contribution is 5.79. The van der Waals surface area contributed by atoms with E-state index < -0.39 is 11.7 Å². The predicted octanol–water partition coefficient (Wildman–Crippen LogP) is 3.27. The van der Waals surface area contributed by atoms with Gasteiger partial charge >= 0.3 is 6.09 Å². The molecular formula is C22H33N5O3. The first kappa shape index (κ1) is 23.3. The molecule has 0 radical (unpaired) electrons. The van der Waals surface area contributed by atoms with Gasteiger partial charge in [-0.25, -0.2) is 9.78 Å². The van der Waals surface area contributed by atoms with Crippen LogP contribution >= 0.6 is 0 Å². The van der Waals surface area contributed by atoms with Crippen LogP contribution in [0.15, 0.2) is 39.9 Å². The highest BCUT2D eigenvalue weighted by atomic mass is 16.6. The van der Waals surface area contributed by atoms with Crippen LogP contribution in [0.1, 0.15) is 39.0 Å². The summed E-state index contributed by atoms with van der Waals surface area (Å²) in [4.78, 5) is 20.7. The van der Waals surface area contributed by atoms with Gasteiger partial charge in [-0.05, 0) is 46.8 Å². The minimum atomic E-state index is -0.506. The Morgan fingerprint density at radius 2 is 1.83 bits per heavy atom. The van der Waals surface area contributed by atoms with E-state index in [0.29, 0.717) is 37.9 Å². The first-order valence-electron chi connectivity index (χ1n) is 10.3. The lowest BCUT2D eigenvalue weighted by atomic mass is 10.1. The van der Waals surface area contributed by atoms with Crippen LogP contribution in [0.25, 0.3) is 11.5 Å². The molecule has 30 heavy (non-hydrogen) atoms. The Kier molecular flexibility index (Phi) is 8.70. The van der Waals surface area contributed by atoms with Crippen LogP contribution in [0.3, 0.4) is 0 Å². The van der Waals surface area contributed by atoms with Crippen LogP contribution in [-0.4, -0.2) is 48.8 Å². The SMILES string of the molecule is CCNC(=NCCc1coc(-c2ccc(C)cc2)n1)NCCNC(=O)OC(C)(C)C. The average Bonchev–Trinajstić information content (AvgIpc) is 3.13. The zero-order chi connectivity index (χ0) is 22.0. The van der Waals surface area contributed by atoms with E-state index in [1.54, 1.807) is 6.26 Å². The summed E-state index contributed by atoms with van der Waals surface area (Å²) >= 11 is 0. The van der Waals surface area contributed by atoms with E-state index in [1.165, 1.54) is 5.56 Å². The number of aliphatic imine (C=N–C) groups is 1. The molecule has 0 aliphatic rings. The second-order valence-corrected chi connectivity index (χ2v) is 7.88. The minimum Gasteiger partial charge on any atom is -0.444 e. The number of nitrogens with one attached hydrogen (secondary N) is 3. The van der Waals surface area contributed by atoms with E-state index in [2.05, 4.69) is 25.9 Å². The average molecular weight is 416 g/mol. The molecule has 0 atom stereocenters. The van der Waals surface area contributed by atoms with Crippen LogP contribution in [0.5, 0.6) is 0 Å². The van der Waals surface area contributed by atoms with Crippen molar-refractivity contribution in [2.45, 2.75) is 46.6 Å². The Balaban J connectivity index is 1.78. The molecule has 3 N–H and O–H groups in total. The van der Waals surface area contributed by atoms with Crippen molar-refractivity contribution in [3.05, 3.63) is 41.8 Å². The molecular weight excluding hydrogens is 382 g/mol. The molecule has 8 heteroatoms. The van der Waals surface area contributed by atoms with Crippen LogP contribution < -0.4 is 16.0 Å². The second-order valence-electron chi connectivity index (χ2n) is 7.88. The van der Waals surface area contributed by atoms with Gasteiger partial charge in [0, 0.05) is 38.2 Å². The van der Waals surface area contributed by atoms with Crippen LogP contribution in [0, 0.1) is 6.92 Å². The molecule has 0 unspecified atom stereocenters. The van der Waals surface area contributed by atoms with Crippen molar-refractivity contribution >= 4 is 12.1 Å². The lowest BCUT2D eigenvalue weighted by molar-refractivity contribution is 0.0529. The molecule has 1 aromatic carbocycles. The molecule has 164 valence electrons. The first-order valence-corrected chi connectivity index (χ1v) is 10.3. The molecule has 0 aliphatic heterocycles. The summed E-state index contributed by atoms with van der Waals surface area (Å²) in [6.45, 7) is 11.8. The van der Waals surface area contributed by atoms with Gasteiger partial charge in [0.1, 0.15) is 11.9 Å². The van der Waals surface area contributed by atoms with Crippen LogP contribution in [0.4, 0.5) is 4.79 Å². The van der Waals surface area contributed by atoms with Crippen molar-refractivity contribution in [1.29, 1.82) is 0 Å². The number of oxazole rings is 1. The molecule has 0 spiro atoms. The monoisotopic (exact) mass is 415 g/mol. The van der Waals surface area contributed by atoms with Gasteiger partial charge in [0.2, 0.25) is 5.89 Å². The quantitative estimate of drug-likeness (QED) is 0.348. The number of aromatic nitrogens is 1. The number of alkyl carbamates (subject to hydrolysis) is 1. The molecule has 0 bridgehead atoms. The van der Waals surface area contributed by atoms with E-state index in [0.717, 1.165) is 17.8 Å². The highest BCUT2D eigenvalue weighted by Gasteiger charge is 2.15. The largest absolute Gasteiger partial charge is 0.444 e. The maximum absolute atomic E-state index is 11.7. The number of hydrogen-bond donors (Lipinski definition) is 3. The van der Waals surface area contributed by atoms with Crippen molar-refractivity contribution < 1.29 is 13.9 Å².